The lowest BCUT2D eigenvalue weighted by Crippen LogP contribution is -2.42. The summed E-state index contributed by atoms with van der Waals surface area (Å²) in [5.74, 6) is -0.0358. The number of nitrogens with one attached hydrogen (secondary N) is 1. The summed E-state index contributed by atoms with van der Waals surface area (Å²) in [6, 6.07) is 2.32. The van der Waals surface area contributed by atoms with Gasteiger partial charge in [-0.3, -0.25) is 9.69 Å². The summed E-state index contributed by atoms with van der Waals surface area (Å²) in [7, 11) is 0. The molecule has 10 heteroatoms. The van der Waals surface area contributed by atoms with Crippen molar-refractivity contribution in [2.45, 2.75) is 45.3 Å². The molecule has 0 radical (unpaired) electrons. The molecule has 2 atom stereocenters. The lowest BCUT2D eigenvalue weighted by atomic mass is 9.97. The van der Waals surface area contributed by atoms with Crippen molar-refractivity contribution in [3.05, 3.63) is 35.0 Å². The van der Waals surface area contributed by atoms with Crippen LogP contribution in [0.3, 0.4) is 0 Å². The van der Waals surface area contributed by atoms with Crippen LogP contribution in [0, 0.1) is 11.8 Å². The smallest absolute Gasteiger partial charge is 0.355 e. The highest BCUT2D eigenvalue weighted by atomic mass is 32.1. The number of aromatic nitrogens is 2. The molecule has 2 aliphatic rings. The number of alkyl halides is 3. The van der Waals surface area contributed by atoms with Crippen molar-refractivity contribution >= 4 is 28.2 Å². The third-order valence-corrected chi connectivity index (χ3v) is 6.90. The first-order chi connectivity index (χ1) is 15.3. The molecule has 0 spiro atoms. The number of hydrogen-bond acceptors (Lipinski definition) is 6. The van der Waals surface area contributed by atoms with Gasteiger partial charge in [-0.25, -0.2) is 9.97 Å². The average molecular weight is 468 g/mol. The quantitative estimate of drug-likeness (QED) is 0.694. The van der Waals surface area contributed by atoms with Crippen LogP contribution >= 0.6 is 11.3 Å². The molecular formula is C22H28F3N5OS. The van der Waals surface area contributed by atoms with E-state index in [0.29, 0.717) is 30.4 Å². The van der Waals surface area contributed by atoms with Crippen LogP contribution in [0.4, 0.5) is 24.1 Å². The standard InChI is InChI=1S/C22H28F3N5OS/c1-15-5-3-9-29(11-15)13-17-14-32-21(27-17)28-20(31)16-6-4-10-30(12-16)19-18(22(23,24)25)7-2-8-26-19/h2,7-8,14-16H,3-6,9-13H2,1H3,(H,27,28,31). The predicted molar refractivity (Wildman–Crippen MR) is 119 cm³/mol. The fraction of sp³-hybridized carbons (Fsp3) is 0.591. The Morgan fingerprint density at radius 3 is 2.84 bits per heavy atom. The van der Waals surface area contributed by atoms with E-state index in [4.69, 9.17) is 0 Å². The van der Waals surface area contributed by atoms with Crippen molar-refractivity contribution in [1.29, 1.82) is 0 Å². The van der Waals surface area contributed by atoms with Crippen molar-refractivity contribution in [2.75, 3.05) is 36.4 Å². The van der Waals surface area contributed by atoms with Gasteiger partial charge in [-0.05, 0) is 50.3 Å². The molecule has 4 rings (SSSR count). The number of thiazole rings is 1. The Hall–Kier alpha value is -2.20. The molecule has 0 bridgehead atoms. The van der Waals surface area contributed by atoms with Crippen molar-refractivity contribution in [3.8, 4) is 0 Å². The van der Waals surface area contributed by atoms with Crippen LogP contribution in [0.1, 0.15) is 43.9 Å². The number of carbonyl (C=O) groups excluding carboxylic acids is 1. The van der Waals surface area contributed by atoms with Crippen molar-refractivity contribution < 1.29 is 18.0 Å². The molecule has 4 heterocycles. The predicted octanol–water partition coefficient (Wildman–Crippen LogP) is 4.64. The van der Waals surface area contributed by atoms with Gasteiger partial charge in [0.15, 0.2) is 5.13 Å². The summed E-state index contributed by atoms with van der Waals surface area (Å²) in [6.07, 6.45) is 0.578. The van der Waals surface area contributed by atoms with Crippen LogP contribution < -0.4 is 10.2 Å². The molecule has 174 valence electrons. The van der Waals surface area contributed by atoms with Crippen LogP contribution in [-0.4, -0.2) is 47.0 Å². The normalized spacial score (nSPS) is 22.7. The maximum Gasteiger partial charge on any atom is 0.419 e. The molecule has 1 N–H and O–H groups in total. The summed E-state index contributed by atoms with van der Waals surface area (Å²) in [6.45, 7) is 5.80. The lowest BCUT2D eigenvalue weighted by Gasteiger charge is -2.34. The summed E-state index contributed by atoms with van der Waals surface area (Å²) in [5, 5.41) is 5.38. The summed E-state index contributed by atoms with van der Waals surface area (Å²) >= 11 is 1.39. The number of anilines is 2. The largest absolute Gasteiger partial charge is 0.419 e. The second-order valence-electron chi connectivity index (χ2n) is 8.77. The number of carbonyl (C=O) groups is 1. The van der Waals surface area contributed by atoms with E-state index in [1.807, 2.05) is 5.38 Å². The SMILES string of the molecule is CC1CCCN(Cc2csc(NC(=O)C3CCCN(c4ncccc4C(F)(F)F)C3)n2)C1. The number of pyridine rings is 1. The van der Waals surface area contributed by atoms with Gasteiger partial charge in [-0.15, -0.1) is 11.3 Å². The van der Waals surface area contributed by atoms with Gasteiger partial charge in [0.25, 0.3) is 0 Å². The molecule has 2 aromatic rings. The Labute approximate surface area is 189 Å². The fourth-order valence-electron chi connectivity index (χ4n) is 4.56. The van der Waals surface area contributed by atoms with E-state index in [1.165, 1.54) is 36.4 Å². The number of amides is 1. The maximum absolute atomic E-state index is 13.4. The zero-order chi connectivity index (χ0) is 22.7. The number of piperidine rings is 2. The molecule has 2 unspecified atom stereocenters. The number of nitrogens with zero attached hydrogens (tertiary/aromatic N) is 4. The zero-order valence-corrected chi connectivity index (χ0v) is 18.9. The van der Waals surface area contributed by atoms with Gasteiger partial charge in [-0.1, -0.05) is 6.92 Å². The topological polar surface area (TPSA) is 61.4 Å². The minimum atomic E-state index is -4.48. The third-order valence-electron chi connectivity index (χ3n) is 6.09. The summed E-state index contributed by atoms with van der Waals surface area (Å²) in [4.78, 5) is 25.3. The lowest BCUT2D eigenvalue weighted by molar-refractivity contribution is -0.137. The van der Waals surface area contributed by atoms with E-state index in [0.717, 1.165) is 31.4 Å². The van der Waals surface area contributed by atoms with Gasteiger partial charge in [0, 0.05) is 37.8 Å². The Bertz CT molecular complexity index is 934. The molecule has 2 fully saturated rings. The monoisotopic (exact) mass is 467 g/mol. The Morgan fingerprint density at radius 2 is 2.06 bits per heavy atom. The second kappa shape index (κ2) is 9.74. The van der Waals surface area contributed by atoms with E-state index in [1.54, 1.807) is 4.90 Å². The molecular weight excluding hydrogens is 439 g/mol. The molecule has 6 nitrogen and oxygen atoms in total. The second-order valence-corrected chi connectivity index (χ2v) is 9.63. The molecule has 1 amide bonds. The first-order valence-corrected chi connectivity index (χ1v) is 11.9. The highest BCUT2D eigenvalue weighted by molar-refractivity contribution is 7.13. The fourth-order valence-corrected chi connectivity index (χ4v) is 5.26. The van der Waals surface area contributed by atoms with Crippen LogP contribution in [-0.2, 0) is 17.5 Å². The van der Waals surface area contributed by atoms with Crippen LogP contribution in [0.5, 0.6) is 0 Å². The highest BCUT2D eigenvalue weighted by Crippen LogP contribution is 2.36. The number of likely N-dealkylation sites (tertiary alicyclic amines) is 1. The van der Waals surface area contributed by atoms with Gasteiger partial charge in [0.05, 0.1) is 17.2 Å². The van der Waals surface area contributed by atoms with E-state index in [2.05, 4.69) is 27.1 Å². The van der Waals surface area contributed by atoms with Gasteiger partial charge in [-0.2, -0.15) is 13.2 Å². The molecule has 0 saturated carbocycles. The van der Waals surface area contributed by atoms with Crippen LogP contribution in [0.15, 0.2) is 23.7 Å². The van der Waals surface area contributed by atoms with E-state index in [-0.39, 0.29) is 18.3 Å². The highest BCUT2D eigenvalue weighted by Gasteiger charge is 2.37. The van der Waals surface area contributed by atoms with E-state index < -0.39 is 17.7 Å². The van der Waals surface area contributed by atoms with Crippen molar-refractivity contribution in [2.24, 2.45) is 11.8 Å². The van der Waals surface area contributed by atoms with Gasteiger partial charge in [0.2, 0.25) is 5.91 Å². The Morgan fingerprint density at radius 1 is 1.25 bits per heavy atom. The third kappa shape index (κ3) is 5.58. The molecule has 0 aliphatic carbocycles. The zero-order valence-electron chi connectivity index (χ0n) is 18.1. The molecule has 32 heavy (non-hydrogen) atoms. The molecule has 2 aliphatic heterocycles. The molecule has 0 aromatic carbocycles. The van der Waals surface area contributed by atoms with Crippen LogP contribution in [0.2, 0.25) is 0 Å². The minimum Gasteiger partial charge on any atom is -0.355 e. The van der Waals surface area contributed by atoms with Crippen molar-refractivity contribution in [3.63, 3.8) is 0 Å². The summed E-state index contributed by atoms with van der Waals surface area (Å²) < 4.78 is 40.1. The minimum absolute atomic E-state index is 0.107. The molecule has 2 aromatic heterocycles. The van der Waals surface area contributed by atoms with Crippen molar-refractivity contribution in [1.82, 2.24) is 14.9 Å². The maximum atomic E-state index is 13.4. The van der Waals surface area contributed by atoms with Crippen LogP contribution in [0.25, 0.3) is 0 Å². The average Bonchev–Trinajstić information content (AvgIpc) is 3.20. The van der Waals surface area contributed by atoms with Gasteiger partial charge < -0.3 is 10.2 Å². The van der Waals surface area contributed by atoms with E-state index >= 15 is 0 Å². The van der Waals surface area contributed by atoms with E-state index in [9.17, 15) is 18.0 Å². The first-order valence-electron chi connectivity index (χ1n) is 11.0. The molecule has 2 saturated heterocycles. The number of rotatable bonds is 5. The first kappa shape index (κ1) is 23.0. The number of halogens is 3. The van der Waals surface area contributed by atoms with Gasteiger partial charge >= 0.3 is 6.18 Å². The number of hydrogen-bond donors (Lipinski definition) is 1. The van der Waals surface area contributed by atoms with Gasteiger partial charge in [0.1, 0.15) is 5.82 Å². The Balaban J connectivity index is 1.37. The summed E-state index contributed by atoms with van der Waals surface area (Å²) in [5.41, 5.74) is 0.172. The Kier molecular flexibility index (Phi) is 6.99.